The van der Waals surface area contributed by atoms with Crippen LogP contribution in [-0.4, -0.2) is 44.2 Å². The van der Waals surface area contributed by atoms with Gasteiger partial charge in [0.15, 0.2) is 0 Å². The summed E-state index contributed by atoms with van der Waals surface area (Å²) in [5.41, 5.74) is 3.52. The van der Waals surface area contributed by atoms with Gasteiger partial charge in [0.2, 0.25) is 5.91 Å². The minimum Gasteiger partial charge on any atom is -0.497 e. The van der Waals surface area contributed by atoms with Crippen molar-refractivity contribution in [3.8, 4) is 16.9 Å². The van der Waals surface area contributed by atoms with Crippen LogP contribution in [-0.2, 0) is 14.3 Å². The Morgan fingerprint density at radius 1 is 1.07 bits per heavy atom. The topological polar surface area (TPSA) is 59.1 Å². The summed E-state index contributed by atoms with van der Waals surface area (Å²) in [6, 6.07) is 13.6. The first-order chi connectivity index (χ1) is 14.0. The van der Waals surface area contributed by atoms with Gasteiger partial charge >= 0.3 is 0 Å². The third-order valence-corrected chi connectivity index (χ3v) is 5.65. The summed E-state index contributed by atoms with van der Waals surface area (Å²) in [6.45, 7) is 4.61. The van der Waals surface area contributed by atoms with E-state index in [4.69, 9.17) is 9.47 Å². The minimum atomic E-state index is -0.399. The number of ether oxygens (including phenoxy) is 2. The van der Waals surface area contributed by atoms with Crippen LogP contribution in [0.4, 0.5) is 11.4 Å². The lowest BCUT2D eigenvalue weighted by Gasteiger charge is -2.41. The van der Waals surface area contributed by atoms with Crippen LogP contribution in [0.3, 0.4) is 0 Å². The standard InChI is InChI=1S/C23H26N2O4/c1-15-14-24(23(27)22-5-4-12-29-22)21-13-18(8-11-20(21)25(15)16(2)26)17-6-9-19(28-3)10-7-17/h6-11,13,15,22H,4-5,12,14H2,1-3H3/t15-,22?/m0/s1. The van der Waals surface area contributed by atoms with Gasteiger partial charge in [-0.2, -0.15) is 0 Å². The Morgan fingerprint density at radius 2 is 1.79 bits per heavy atom. The van der Waals surface area contributed by atoms with Gasteiger partial charge in [-0.1, -0.05) is 18.2 Å². The molecule has 0 radical (unpaired) electrons. The molecule has 6 nitrogen and oxygen atoms in total. The first kappa shape index (κ1) is 19.5. The summed E-state index contributed by atoms with van der Waals surface area (Å²) in [4.78, 5) is 29.1. The van der Waals surface area contributed by atoms with E-state index in [1.54, 1.807) is 23.8 Å². The van der Waals surface area contributed by atoms with Crippen molar-refractivity contribution in [2.45, 2.75) is 38.8 Å². The summed E-state index contributed by atoms with van der Waals surface area (Å²) in [7, 11) is 1.64. The smallest absolute Gasteiger partial charge is 0.256 e. The zero-order valence-corrected chi connectivity index (χ0v) is 17.1. The molecule has 1 saturated heterocycles. The van der Waals surface area contributed by atoms with E-state index in [0.29, 0.717) is 13.2 Å². The number of methoxy groups -OCH3 is 1. The van der Waals surface area contributed by atoms with E-state index >= 15 is 0 Å². The molecule has 2 amide bonds. The van der Waals surface area contributed by atoms with Gasteiger partial charge in [0.1, 0.15) is 11.9 Å². The van der Waals surface area contributed by atoms with Gasteiger partial charge in [-0.05, 0) is 55.2 Å². The molecular weight excluding hydrogens is 368 g/mol. The highest BCUT2D eigenvalue weighted by Gasteiger charge is 2.37. The molecule has 1 fully saturated rings. The maximum atomic E-state index is 13.2. The molecule has 6 heteroatoms. The average molecular weight is 394 g/mol. The van der Waals surface area contributed by atoms with Gasteiger partial charge in [-0.3, -0.25) is 9.59 Å². The predicted molar refractivity (Wildman–Crippen MR) is 112 cm³/mol. The number of carbonyl (C=O) groups excluding carboxylic acids is 2. The van der Waals surface area contributed by atoms with Crippen LogP contribution in [0, 0.1) is 0 Å². The quantitative estimate of drug-likeness (QED) is 0.798. The first-order valence-electron chi connectivity index (χ1n) is 10.0. The molecule has 0 aliphatic carbocycles. The van der Waals surface area contributed by atoms with Gasteiger partial charge in [0.05, 0.1) is 24.5 Å². The van der Waals surface area contributed by atoms with E-state index in [2.05, 4.69) is 0 Å². The van der Waals surface area contributed by atoms with Crippen molar-refractivity contribution in [3.63, 3.8) is 0 Å². The van der Waals surface area contributed by atoms with Gasteiger partial charge in [0, 0.05) is 20.1 Å². The number of rotatable bonds is 3. The lowest BCUT2D eigenvalue weighted by molar-refractivity contribution is -0.127. The fourth-order valence-corrected chi connectivity index (χ4v) is 4.22. The van der Waals surface area contributed by atoms with E-state index in [1.165, 1.54) is 0 Å². The summed E-state index contributed by atoms with van der Waals surface area (Å²) in [6.07, 6.45) is 1.25. The molecule has 1 unspecified atom stereocenters. The second-order valence-corrected chi connectivity index (χ2v) is 7.62. The van der Waals surface area contributed by atoms with Crippen LogP contribution in [0.1, 0.15) is 26.7 Å². The molecule has 2 atom stereocenters. The van der Waals surface area contributed by atoms with E-state index < -0.39 is 6.10 Å². The minimum absolute atomic E-state index is 0.0225. The molecule has 0 spiro atoms. The lowest BCUT2D eigenvalue weighted by Crippen LogP contribution is -2.53. The Labute approximate surface area is 171 Å². The Kier molecular flexibility index (Phi) is 5.28. The van der Waals surface area contributed by atoms with Crippen LogP contribution in [0.15, 0.2) is 42.5 Å². The fourth-order valence-electron chi connectivity index (χ4n) is 4.22. The highest BCUT2D eigenvalue weighted by Crippen LogP contribution is 2.40. The van der Waals surface area contributed by atoms with Gasteiger partial charge in [-0.15, -0.1) is 0 Å². The van der Waals surface area contributed by atoms with Crippen LogP contribution in [0.2, 0.25) is 0 Å². The largest absolute Gasteiger partial charge is 0.497 e. The van der Waals surface area contributed by atoms with Crippen molar-refractivity contribution in [2.75, 3.05) is 30.1 Å². The van der Waals surface area contributed by atoms with Crippen molar-refractivity contribution in [2.24, 2.45) is 0 Å². The van der Waals surface area contributed by atoms with Gasteiger partial charge in [-0.25, -0.2) is 0 Å². The molecule has 2 heterocycles. The SMILES string of the molecule is COc1ccc(-c2ccc3c(c2)N(C(=O)C2CCCO2)C[C@H](C)N3C(C)=O)cc1. The Hall–Kier alpha value is -2.86. The fraction of sp³-hybridized carbons (Fsp3) is 0.391. The van der Waals surface area contributed by atoms with Crippen molar-refractivity contribution in [1.29, 1.82) is 0 Å². The third kappa shape index (κ3) is 3.60. The molecule has 0 aromatic heterocycles. The molecule has 2 aromatic rings. The van der Waals surface area contributed by atoms with Crippen molar-refractivity contribution in [1.82, 2.24) is 0 Å². The van der Waals surface area contributed by atoms with E-state index in [1.807, 2.05) is 49.4 Å². The predicted octanol–water partition coefficient (Wildman–Crippen LogP) is 3.63. The van der Waals surface area contributed by atoms with Gasteiger partial charge in [0.25, 0.3) is 5.91 Å². The highest BCUT2D eigenvalue weighted by atomic mass is 16.5. The number of benzene rings is 2. The van der Waals surface area contributed by atoms with Crippen molar-refractivity contribution >= 4 is 23.2 Å². The lowest BCUT2D eigenvalue weighted by atomic mass is 10.00. The monoisotopic (exact) mass is 394 g/mol. The molecule has 4 rings (SSSR count). The Morgan fingerprint density at radius 3 is 2.41 bits per heavy atom. The Bertz CT molecular complexity index is 919. The molecular formula is C23H26N2O4. The summed E-state index contributed by atoms with van der Waals surface area (Å²) in [5, 5.41) is 0. The molecule has 0 saturated carbocycles. The zero-order chi connectivity index (χ0) is 20.5. The highest BCUT2D eigenvalue weighted by molar-refractivity contribution is 6.06. The number of carbonyl (C=O) groups is 2. The van der Waals surface area contributed by atoms with Crippen molar-refractivity contribution in [3.05, 3.63) is 42.5 Å². The maximum absolute atomic E-state index is 13.2. The van der Waals surface area contributed by atoms with E-state index in [0.717, 1.165) is 41.1 Å². The average Bonchev–Trinajstić information content (AvgIpc) is 3.27. The number of amides is 2. The summed E-state index contributed by atoms with van der Waals surface area (Å²) >= 11 is 0. The third-order valence-electron chi connectivity index (χ3n) is 5.65. The molecule has 152 valence electrons. The van der Waals surface area contributed by atoms with Crippen LogP contribution in [0.25, 0.3) is 11.1 Å². The normalized spacial score (nSPS) is 21.1. The first-order valence-corrected chi connectivity index (χ1v) is 10.0. The van der Waals surface area contributed by atoms with Crippen LogP contribution >= 0.6 is 0 Å². The zero-order valence-electron chi connectivity index (χ0n) is 17.1. The van der Waals surface area contributed by atoms with Crippen molar-refractivity contribution < 1.29 is 19.1 Å². The van der Waals surface area contributed by atoms with Gasteiger partial charge < -0.3 is 19.3 Å². The summed E-state index contributed by atoms with van der Waals surface area (Å²) in [5.74, 6) is 0.740. The van der Waals surface area contributed by atoms with Crippen LogP contribution < -0.4 is 14.5 Å². The Balaban J connectivity index is 1.77. The second kappa shape index (κ2) is 7.87. The molecule has 0 bridgehead atoms. The molecule has 0 N–H and O–H groups in total. The number of hydrogen-bond acceptors (Lipinski definition) is 4. The molecule has 2 aliphatic rings. The molecule has 2 aromatic carbocycles. The number of hydrogen-bond donors (Lipinski definition) is 0. The van der Waals surface area contributed by atoms with E-state index in [-0.39, 0.29) is 17.9 Å². The molecule has 2 aliphatic heterocycles. The number of nitrogens with zero attached hydrogens (tertiary/aromatic N) is 2. The second-order valence-electron chi connectivity index (χ2n) is 7.62. The van der Waals surface area contributed by atoms with E-state index in [9.17, 15) is 9.59 Å². The molecule has 29 heavy (non-hydrogen) atoms. The number of anilines is 2. The van der Waals surface area contributed by atoms with Crippen LogP contribution in [0.5, 0.6) is 5.75 Å². The summed E-state index contributed by atoms with van der Waals surface area (Å²) < 4.78 is 10.9. The number of fused-ring (bicyclic) bond motifs is 1. The maximum Gasteiger partial charge on any atom is 0.256 e.